The van der Waals surface area contributed by atoms with Crippen LogP contribution in [0.1, 0.15) is 4.88 Å². The standard InChI is InChI=1S/C5H3NS.H3N/c6-4-5-2-1-3-7-5;/h1-3H;1H3. The molecule has 0 aromatic carbocycles. The van der Waals surface area contributed by atoms with Gasteiger partial charge < -0.3 is 6.15 Å². The molecule has 0 atom stereocenters. The average Bonchev–Trinajstić information content (AvgIpc) is 2.14. The van der Waals surface area contributed by atoms with Crippen LogP contribution in [0.5, 0.6) is 0 Å². The first-order valence-electron chi connectivity index (χ1n) is 1.87. The van der Waals surface area contributed by atoms with E-state index < -0.39 is 0 Å². The Morgan fingerprint density at radius 2 is 2.38 bits per heavy atom. The summed E-state index contributed by atoms with van der Waals surface area (Å²) in [6.45, 7) is 0. The molecule has 2 nitrogen and oxygen atoms in total. The number of hydrogen-bond donors (Lipinski definition) is 1. The fourth-order valence-electron chi connectivity index (χ4n) is 0.342. The first-order chi connectivity index (χ1) is 3.43. The van der Waals surface area contributed by atoms with Crippen LogP contribution in [0.2, 0.25) is 0 Å². The van der Waals surface area contributed by atoms with Crippen molar-refractivity contribution >= 4 is 11.3 Å². The molecule has 3 heteroatoms. The molecule has 0 spiro atoms. The highest BCUT2D eigenvalue weighted by Gasteiger charge is 1.82. The zero-order valence-corrected chi connectivity index (χ0v) is 5.11. The third-order valence-corrected chi connectivity index (χ3v) is 1.41. The predicted octanol–water partition coefficient (Wildman–Crippen LogP) is 1.78. The van der Waals surface area contributed by atoms with Crippen molar-refractivity contribution < 1.29 is 0 Å². The molecule has 0 radical (unpaired) electrons. The van der Waals surface area contributed by atoms with E-state index in [2.05, 4.69) is 0 Å². The maximum Gasteiger partial charge on any atom is 0.110 e. The number of nitriles is 1. The van der Waals surface area contributed by atoms with Gasteiger partial charge in [0.25, 0.3) is 0 Å². The smallest absolute Gasteiger partial charge is 0.110 e. The van der Waals surface area contributed by atoms with Crippen molar-refractivity contribution in [3.05, 3.63) is 22.4 Å². The van der Waals surface area contributed by atoms with Crippen LogP contribution < -0.4 is 6.15 Å². The summed E-state index contributed by atoms with van der Waals surface area (Å²) in [5.41, 5.74) is 0. The number of nitrogens with zero attached hydrogens (tertiary/aromatic N) is 1. The van der Waals surface area contributed by atoms with Crippen LogP contribution in [0, 0.1) is 11.3 Å². The molecule has 1 aromatic rings. The SMILES string of the molecule is N.N#Cc1cccs1. The zero-order chi connectivity index (χ0) is 5.11. The van der Waals surface area contributed by atoms with E-state index in [1.54, 1.807) is 6.07 Å². The molecule has 3 N–H and O–H groups in total. The lowest BCUT2D eigenvalue weighted by molar-refractivity contribution is 1.52. The molecule has 0 aliphatic carbocycles. The fourth-order valence-corrected chi connectivity index (χ4v) is 0.856. The van der Waals surface area contributed by atoms with Gasteiger partial charge >= 0.3 is 0 Å². The minimum absolute atomic E-state index is 0. The lowest BCUT2D eigenvalue weighted by Crippen LogP contribution is -1.50. The predicted molar refractivity (Wildman–Crippen MR) is 34.1 cm³/mol. The normalized spacial score (nSPS) is 6.88. The molecule has 0 aliphatic heterocycles. The summed E-state index contributed by atoms with van der Waals surface area (Å²) in [5, 5.41) is 10.1. The van der Waals surface area contributed by atoms with Crippen molar-refractivity contribution in [3.8, 4) is 6.07 Å². The summed E-state index contributed by atoms with van der Waals surface area (Å²) in [5.74, 6) is 0. The van der Waals surface area contributed by atoms with Crippen molar-refractivity contribution in [2.24, 2.45) is 0 Å². The van der Waals surface area contributed by atoms with Crippen molar-refractivity contribution in [1.82, 2.24) is 6.15 Å². The fraction of sp³-hybridized carbons (Fsp3) is 0. The van der Waals surface area contributed by atoms with E-state index in [1.807, 2.05) is 17.5 Å². The Labute approximate surface area is 52.0 Å². The quantitative estimate of drug-likeness (QED) is 0.576. The van der Waals surface area contributed by atoms with Gasteiger partial charge in [-0.1, -0.05) is 6.07 Å². The highest BCUT2D eigenvalue weighted by Crippen LogP contribution is 2.04. The second kappa shape index (κ2) is 3.19. The zero-order valence-electron chi connectivity index (χ0n) is 4.29. The minimum atomic E-state index is 0. The molecule has 1 heterocycles. The van der Waals surface area contributed by atoms with Crippen molar-refractivity contribution in [2.75, 3.05) is 0 Å². The van der Waals surface area contributed by atoms with E-state index in [-0.39, 0.29) is 6.15 Å². The van der Waals surface area contributed by atoms with Gasteiger partial charge in [-0.05, 0) is 11.4 Å². The van der Waals surface area contributed by atoms with Crippen LogP contribution in [0.4, 0.5) is 0 Å². The molecule has 0 saturated heterocycles. The van der Waals surface area contributed by atoms with Gasteiger partial charge in [0.05, 0.1) is 0 Å². The highest BCUT2D eigenvalue weighted by molar-refractivity contribution is 7.10. The first-order valence-corrected chi connectivity index (χ1v) is 2.75. The lowest BCUT2D eigenvalue weighted by atomic mass is 10.5. The van der Waals surface area contributed by atoms with Crippen LogP contribution in [0.25, 0.3) is 0 Å². The first kappa shape index (κ1) is 7.15. The molecule has 0 amide bonds. The van der Waals surface area contributed by atoms with Crippen LogP contribution in [0.3, 0.4) is 0 Å². The topological polar surface area (TPSA) is 58.8 Å². The van der Waals surface area contributed by atoms with Crippen molar-refractivity contribution in [1.29, 1.82) is 5.26 Å². The number of hydrogen-bond acceptors (Lipinski definition) is 3. The van der Waals surface area contributed by atoms with E-state index in [1.165, 1.54) is 11.3 Å². The Balaban J connectivity index is 0.000000490. The maximum absolute atomic E-state index is 8.19. The number of thiophene rings is 1. The van der Waals surface area contributed by atoms with Crippen LogP contribution >= 0.6 is 11.3 Å². The van der Waals surface area contributed by atoms with E-state index >= 15 is 0 Å². The van der Waals surface area contributed by atoms with Gasteiger partial charge in [-0.3, -0.25) is 0 Å². The number of rotatable bonds is 0. The van der Waals surface area contributed by atoms with Crippen molar-refractivity contribution in [3.63, 3.8) is 0 Å². The van der Waals surface area contributed by atoms with Gasteiger partial charge in [-0.25, -0.2) is 0 Å². The maximum atomic E-state index is 8.19. The monoisotopic (exact) mass is 126 g/mol. The largest absolute Gasteiger partial charge is 0.344 e. The second-order valence-electron chi connectivity index (χ2n) is 1.09. The molecule has 8 heavy (non-hydrogen) atoms. The lowest BCUT2D eigenvalue weighted by Gasteiger charge is -1.62. The Bertz CT molecular complexity index is 173. The summed E-state index contributed by atoms with van der Waals surface area (Å²) in [7, 11) is 0. The summed E-state index contributed by atoms with van der Waals surface area (Å²) >= 11 is 1.46. The highest BCUT2D eigenvalue weighted by atomic mass is 32.1. The Morgan fingerprint density at radius 1 is 1.62 bits per heavy atom. The molecule has 1 aromatic heterocycles. The van der Waals surface area contributed by atoms with Gasteiger partial charge in [0.2, 0.25) is 0 Å². The molecule has 42 valence electrons. The van der Waals surface area contributed by atoms with Gasteiger partial charge in [-0.2, -0.15) is 5.26 Å². The summed E-state index contributed by atoms with van der Waals surface area (Å²) < 4.78 is 0. The Hall–Kier alpha value is -0.850. The second-order valence-corrected chi connectivity index (χ2v) is 2.04. The Morgan fingerprint density at radius 3 is 2.62 bits per heavy atom. The van der Waals surface area contributed by atoms with Crippen LogP contribution in [-0.2, 0) is 0 Å². The molecular formula is C5H6N2S. The van der Waals surface area contributed by atoms with Gasteiger partial charge in [0.1, 0.15) is 10.9 Å². The summed E-state index contributed by atoms with van der Waals surface area (Å²) in [6, 6.07) is 5.69. The van der Waals surface area contributed by atoms with Crippen molar-refractivity contribution in [2.45, 2.75) is 0 Å². The molecule has 0 bridgehead atoms. The molecular weight excluding hydrogens is 120 g/mol. The average molecular weight is 126 g/mol. The molecule has 0 fully saturated rings. The van der Waals surface area contributed by atoms with E-state index in [9.17, 15) is 0 Å². The third kappa shape index (κ3) is 1.34. The van der Waals surface area contributed by atoms with Gasteiger partial charge in [0, 0.05) is 0 Å². The van der Waals surface area contributed by atoms with E-state index in [4.69, 9.17) is 5.26 Å². The minimum Gasteiger partial charge on any atom is -0.344 e. The van der Waals surface area contributed by atoms with E-state index in [0.717, 1.165) is 4.88 Å². The third-order valence-electron chi connectivity index (χ3n) is 0.631. The molecule has 1 rings (SSSR count). The van der Waals surface area contributed by atoms with Crippen LogP contribution in [0.15, 0.2) is 17.5 Å². The van der Waals surface area contributed by atoms with E-state index in [0.29, 0.717) is 0 Å². The summed E-state index contributed by atoms with van der Waals surface area (Å²) in [6.07, 6.45) is 0. The Kier molecular flexibility index (Phi) is 2.85. The molecule has 0 aliphatic rings. The molecule has 0 unspecified atom stereocenters. The molecule has 0 saturated carbocycles. The van der Waals surface area contributed by atoms with Gasteiger partial charge in [0.15, 0.2) is 0 Å². The van der Waals surface area contributed by atoms with Gasteiger partial charge in [-0.15, -0.1) is 11.3 Å². The van der Waals surface area contributed by atoms with Crippen LogP contribution in [-0.4, -0.2) is 0 Å². The summed E-state index contributed by atoms with van der Waals surface area (Å²) in [4.78, 5) is 0.778.